The van der Waals surface area contributed by atoms with E-state index in [2.05, 4.69) is 181 Å². The predicted octanol–water partition coefficient (Wildman–Crippen LogP) is 7.73. The van der Waals surface area contributed by atoms with E-state index >= 15 is 0 Å². The summed E-state index contributed by atoms with van der Waals surface area (Å²) in [6, 6.07) is -0.0231. The Kier molecular flexibility index (Phi) is 41.8. The molecule has 0 radical (unpaired) electrons. The Morgan fingerprint density at radius 3 is 1.35 bits per heavy atom. The third-order valence-electron chi connectivity index (χ3n) is 14.4. The molecule has 0 saturated heterocycles. The van der Waals surface area contributed by atoms with Crippen LogP contribution in [-0.4, -0.2) is 176 Å². The maximum atomic E-state index is 12.9. The Labute approximate surface area is 518 Å². The van der Waals surface area contributed by atoms with Crippen molar-refractivity contribution in [2.24, 2.45) is 4.40 Å². The van der Waals surface area contributed by atoms with Crippen LogP contribution in [-0.2, 0) is 30.8 Å². The van der Waals surface area contributed by atoms with Gasteiger partial charge in [0.25, 0.3) is 0 Å². The van der Waals surface area contributed by atoms with Crippen LogP contribution in [0.25, 0.3) is 0 Å². The minimum atomic E-state index is -1.91. The van der Waals surface area contributed by atoms with Crippen LogP contribution in [0.3, 0.4) is 0 Å². The molecule has 0 amide bonds. The molecule has 78 heavy (non-hydrogen) atoms. The van der Waals surface area contributed by atoms with Crippen LogP contribution in [0.1, 0.15) is 123 Å². The van der Waals surface area contributed by atoms with Gasteiger partial charge in [-0.1, -0.05) is 71.4 Å². The van der Waals surface area contributed by atoms with Crippen LogP contribution < -0.4 is 42.4 Å². The maximum Gasteiger partial charge on any atom is 1.00 e. The van der Waals surface area contributed by atoms with Crippen molar-refractivity contribution in [2.75, 3.05) is 78.5 Å². The number of nitrogens with zero attached hydrogens (tertiary/aromatic N) is 5. The summed E-state index contributed by atoms with van der Waals surface area (Å²) >= 11 is -1.70. The summed E-state index contributed by atoms with van der Waals surface area (Å²) in [5.74, 6) is 0. The van der Waals surface area contributed by atoms with Gasteiger partial charge in [0.2, 0.25) is 0 Å². The van der Waals surface area contributed by atoms with Gasteiger partial charge in [-0.15, -0.1) is 19.7 Å². The molecule has 0 saturated carbocycles. The molecule has 0 fully saturated rings. The van der Waals surface area contributed by atoms with E-state index in [9.17, 15) is 8.42 Å². The van der Waals surface area contributed by atoms with Gasteiger partial charge in [0, 0.05) is 38.9 Å². The molecule has 17 heteroatoms. The summed E-state index contributed by atoms with van der Waals surface area (Å²) < 4.78 is 46.2. The Morgan fingerprint density at radius 2 is 1.04 bits per heavy atom. The summed E-state index contributed by atoms with van der Waals surface area (Å²) in [7, 11) is -6.02. The molecule has 0 aliphatic carbocycles. The van der Waals surface area contributed by atoms with Gasteiger partial charge in [-0.25, -0.2) is 13.1 Å². The van der Waals surface area contributed by atoms with E-state index in [4.69, 9.17) is 8.85 Å². The fraction of sp³-hybridized carbons (Fsp3) is 0.721. The largest absolute Gasteiger partial charge is 1.00 e. The molecule has 0 aromatic carbocycles. The molecule has 0 aromatic rings. The molecule has 4 aliphatic rings. The average Bonchev–Trinajstić information content (AvgIpc) is 3.30. The van der Waals surface area contributed by atoms with Crippen molar-refractivity contribution in [3.05, 3.63) is 96.2 Å². The van der Waals surface area contributed by atoms with Crippen LogP contribution in [0.2, 0.25) is 51.1 Å². The van der Waals surface area contributed by atoms with Crippen molar-refractivity contribution < 1.29 is 55.0 Å². The second-order valence-corrected chi connectivity index (χ2v) is 54.6. The zero-order valence-corrected chi connectivity index (χ0v) is 61.2. The normalized spacial score (nSPS) is 19.2. The number of hydrogen-bond acceptors (Lipinski definition) is 8. The minimum Gasteiger partial charge on any atom is -0.409 e. The zero-order chi connectivity index (χ0) is 58.8. The molecule has 440 valence electrons. The van der Waals surface area contributed by atoms with E-state index in [1.165, 1.54) is 18.5 Å². The number of rotatable bonds is 19. The van der Waals surface area contributed by atoms with E-state index in [-0.39, 0.29) is 75.5 Å². The van der Waals surface area contributed by atoms with Gasteiger partial charge < -0.3 is 30.8 Å². The van der Waals surface area contributed by atoms with E-state index in [1.54, 1.807) is 6.21 Å². The van der Waals surface area contributed by atoms with Crippen molar-refractivity contribution >= 4 is 63.2 Å². The Balaban J connectivity index is -0.000000955. The molecule has 0 spiro atoms. The van der Waals surface area contributed by atoms with Gasteiger partial charge in [0.05, 0.1) is 38.7 Å². The number of nitrogens with one attached hydrogen (secondary N) is 1. The zero-order valence-electron chi connectivity index (χ0n) is 54.8. The first kappa shape index (κ1) is 82.3. The fourth-order valence-electron chi connectivity index (χ4n) is 7.46. The molecule has 0 bridgehead atoms. The van der Waals surface area contributed by atoms with Crippen LogP contribution >= 0.6 is 0 Å². The van der Waals surface area contributed by atoms with Gasteiger partial charge >= 0.3 is 124 Å². The third-order valence-corrected chi connectivity index (χ3v) is 33.3. The second kappa shape index (κ2) is 39.6. The summed E-state index contributed by atoms with van der Waals surface area (Å²) in [5, 5.41) is 0.328. The van der Waals surface area contributed by atoms with Gasteiger partial charge in [-0.3, -0.25) is 17.1 Å². The van der Waals surface area contributed by atoms with E-state index in [0.29, 0.717) is 0 Å². The molecule has 1 N–H and O–H groups in total. The standard InChI is InChI=1S/C21H42N2O2SSi.C13H29NO2SSi.3C8H12N.3CH3.2Li.Sn/c1-11-14-23-15-12-18(13-16-23)19(22-26(24)20(3,4)5)17(2)25-27(9,10)21(6,7)8;1-11(10-14-17(15)12(2,3)4)16-18(8,9)13(5,6)7;3*1-2-6-9-7-4-3-5-8-9;;;;;;/h11-12,17,19,22H,1,13-16H2,2-10H3;10-11H,1-9H3;3*2,4H,1,5-8H2;3*1H3;;;/q;;;2*-1;;;;2*+1;/t17-,19+,26+;11-,17+;;;;;;;;;/m11........./s1. The Bertz CT molecular complexity index is 1920. The molecule has 4 rings (SSSR count). The van der Waals surface area contributed by atoms with Crippen molar-refractivity contribution in [1.82, 2.24) is 24.3 Å². The van der Waals surface area contributed by atoms with Gasteiger partial charge in [-0.2, -0.15) is 17.2 Å². The molecular weight excluding hydrogens is 1130 g/mol. The topological polar surface area (TPSA) is 90.0 Å². The first-order valence-corrected chi connectivity index (χ1v) is 46.2. The molecule has 0 unspecified atom stereocenters. The van der Waals surface area contributed by atoms with Crippen molar-refractivity contribution in [1.29, 1.82) is 0 Å². The molecule has 0 aromatic heterocycles. The van der Waals surface area contributed by atoms with E-state index in [1.807, 2.05) is 76.4 Å². The molecule has 4 heterocycles. The SMILES string of the molecule is C=CCN1CC=C([C@@H](N[S@@](=O)C(C)(C)C)[C@@H](C)O[Si](C)(C)C(C)(C)C)CC1.C=CCN1CC=[C-]CC1.C=CCN1CC=[C-]CC1.C=CCN1CC=[C]([Sn]([CH3])([CH3])[CH3])CC1.C[C@H](C=N[S@@](=O)C(C)(C)C)O[Si](C)(C)C(C)(C)C.[Li+].[Li+]. The Hall–Kier alpha value is 0.0373. The second-order valence-electron chi connectivity index (χ2n) is 26.5. The quantitative estimate of drug-likeness (QED) is 0.0610. The molecule has 5 atom stereocenters. The predicted molar refractivity (Wildman–Crippen MR) is 347 cm³/mol. The van der Waals surface area contributed by atoms with Crippen molar-refractivity contribution in [2.45, 2.75) is 201 Å². The first-order chi connectivity index (χ1) is 34.9. The van der Waals surface area contributed by atoms with Crippen LogP contribution in [0.15, 0.2) is 88.5 Å². The van der Waals surface area contributed by atoms with Crippen LogP contribution in [0, 0.1) is 12.2 Å². The monoisotopic (exact) mass is 1250 g/mol. The molecule has 4 aliphatic heterocycles. The van der Waals surface area contributed by atoms with Crippen LogP contribution in [0.5, 0.6) is 0 Å². The fourth-order valence-corrected chi connectivity index (χ4v) is 16.2. The smallest absolute Gasteiger partial charge is 0.409 e. The van der Waals surface area contributed by atoms with Crippen LogP contribution in [0.4, 0.5) is 0 Å². The summed E-state index contributed by atoms with van der Waals surface area (Å²) in [6.45, 7) is 65.9. The average molecular weight is 1250 g/mol. The number of hydrogen-bond donors (Lipinski definition) is 1. The first-order valence-electron chi connectivity index (χ1n) is 28.2. The maximum absolute atomic E-state index is 12.9. The molecular formula is C61H116Li2N6O4S2Si2Sn. The summed E-state index contributed by atoms with van der Waals surface area (Å²) in [4.78, 5) is 17.0. The van der Waals surface area contributed by atoms with E-state index < -0.39 is 57.0 Å². The van der Waals surface area contributed by atoms with E-state index in [0.717, 1.165) is 91.3 Å². The van der Waals surface area contributed by atoms with Gasteiger partial charge in [0.1, 0.15) is 11.0 Å². The molecule has 10 nitrogen and oxygen atoms in total. The van der Waals surface area contributed by atoms with Gasteiger partial charge in [0.15, 0.2) is 16.6 Å². The summed E-state index contributed by atoms with van der Waals surface area (Å²) in [5.41, 5.74) is 1.32. The third kappa shape index (κ3) is 34.7. The minimum absolute atomic E-state index is 0. The summed E-state index contributed by atoms with van der Waals surface area (Å²) in [6.07, 6.45) is 29.1. The Morgan fingerprint density at radius 1 is 0.641 bits per heavy atom. The van der Waals surface area contributed by atoms with Crippen molar-refractivity contribution in [3.63, 3.8) is 0 Å². The van der Waals surface area contributed by atoms with Crippen molar-refractivity contribution in [3.8, 4) is 0 Å². The van der Waals surface area contributed by atoms with Gasteiger partial charge in [-0.05, 0) is 124 Å².